The largest absolute Gasteiger partial charge is 0.319 e. The number of thiophene rings is 1. The second-order valence-corrected chi connectivity index (χ2v) is 5.66. The molecule has 2 heterocycles. The standard InChI is InChI=1S/C12H16O2S/c1-7-11(12-13-8(2)14-12)9-5-3-4-6-10(9)15-7/h8,12H,3-6H2,1-2H3. The fraction of sp³-hybridized carbons (Fsp3) is 0.667. The van der Waals surface area contributed by atoms with Crippen molar-refractivity contribution in [3.63, 3.8) is 0 Å². The molecule has 1 aromatic heterocycles. The van der Waals surface area contributed by atoms with Crippen molar-refractivity contribution in [3.8, 4) is 0 Å². The van der Waals surface area contributed by atoms with E-state index in [4.69, 9.17) is 9.47 Å². The Balaban J connectivity index is 1.95. The van der Waals surface area contributed by atoms with Crippen molar-refractivity contribution in [2.75, 3.05) is 0 Å². The third-order valence-electron chi connectivity index (χ3n) is 3.26. The molecule has 15 heavy (non-hydrogen) atoms. The normalized spacial score (nSPS) is 29.7. The van der Waals surface area contributed by atoms with Crippen LogP contribution in [-0.4, -0.2) is 6.29 Å². The first-order valence-corrected chi connectivity index (χ1v) is 6.49. The molecule has 1 aromatic rings. The zero-order valence-electron chi connectivity index (χ0n) is 9.21. The van der Waals surface area contributed by atoms with Gasteiger partial charge in [0.15, 0.2) is 12.6 Å². The van der Waals surface area contributed by atoms with Crippen molar-refractivity contribution < 1.29 is 9.47 Å². The zero-order chi connectivity index (χ0) is 10.4. The van der Waals surface area contributed by atoms with E-state index >= 15 is 0 Å². The Hall–Kier alpha value is -0.380. The highest BCUT2D eigenvalue weighted by atomic mass is 32.1. The van der Waals surface area contributed by atoms with Crippen LogP contribution in [0.1, 0.15) is 46.9 Å². The van der Waals surface area contributed by atoms with Crippen molar-refractivity contribution in [2.45, 2.75) is 52.1 Å². The fourth-order valence-corrected chi connectivity index (χ4v) is 3.81. The van der Waals surface area contributed by atoms with Gasteiger partial charge in [-0.3, -0.25) is 0 Å². The lowest BCUT2D eigenvalue weighted by Crippen LogP contribution is -2.32. The van der Waals surface area contributed by atoms with Crippen LogP contribution in [0.2, 0.25) is 0 Å². The summed E-state index contributed by atoms with van der Waals surface area (Å²) in [5.74, 6) is 0. The molecule has 0 N–H and O–H groups in total. The van der Waals surface area contributed by atoms with Crippen molar-refractivity contribution in [1.29, 1.82) is 0 Å². The van der Waals surface area contributed by atoms with Gasteiger partial charge in [-0.2, -0.15) is 0 Å². The monoisotopic (exact) mass is 224 g/mol. The predicted octanol–water partition coefficient (Wildman–Crippen LogP) is 3.33. The molecule has 0 bridgehead atoms. The van der Waals surface area contributed by atoms with Crippen LogP contribution in [0.25, 0.3) is 0 Å². The molecule has 82 valence electrons. The molecule has 0 radical (unpaired) electrons. The molecule has 0 atom stereocenters. The SMILES string of the molecule is Cc1sc2c(c1C1OC(C)O1)CCCC2. The van der Waals surface area contributed by atoms with Crippen molar-refractivity contribution in [3.05, 3.63) is 20.9 Å². The van der Waals surface area contributed by atoms with E-state index in [1.165, 1.54) is 41.7 Å². The number of hydrogen-bond acceptors (Lipinski definition) is 3. The molecule has 1 aliphatic carbocycles. The van der Waals surface area contributed by atoms with Crippen LogP contribution in [0.4, 0.5) is 0 Å². The quantitative estimate of drug-likeness (QED) is 0.728. The van der Waals surface area contributed by atoms with Gasteiger partial charge in [0.2, 0.25) is 0 Å². The van der Waals surface area contributed by atoms with Gasteiger partial charge in [-0.25, -0.2) is 0 Å². The van der Waals surface area contributed by atoms with E-state index < -0.39 is 0 Å². The molecule has 0 aromatic carbocycles. The summed E-state index contributed by atoms with van der Waals surface area (Å²) in [5.41, 5.74) is 2.87. The molecule has 2 nitrogen and oxygen atoms in total. The van der Waals surface area contributed by atoms with Crippen LogP contribution in [0.15, 0.2) is 0 Å². The Bertz CT molecular complexity index is 377. The molecule has 1 aliphatic heterocycles. The lowest BCUT2D eigenvalue weighted by molar-refractivity contribution is -0.382. The van der Waals surface area contributed by atoms with E-state index in [2.05, 4.69) is 6.92 Å². The minimum absolute atomic E-state index is 0.0199. The Labute approximate surface area is 94.2 Å². The summed E-state index contributed by atoms with van der Waals surface area (Å²) in [7, 11) is 0. The number of rotatable bonds is 1. The first-order chi connectivity index (χ1) is 7.25. The number of ether oxygens (including phenoxy) is 2. The zero-order valence-corrected chi connectivity index (χ0v) is 10.0. The second-order valence-electron chi connectivity index (χ2n) is 4.35. The molecule has 0 amide bonds. The highest BCUT2D eigenvalue weighted by Crippen LogP contribution is 2.42. The van der Waals surface area contributed by atoms with Gasteiger partial charge in [0.1, 0.15) is 0 Å². The van der Waals surface area contributed by atoms with Crippen molar-refractivity contribution in [1.82, 2.24) is 0 Å². The summed E-state index contributed by atoms with van der Waals surface area (Å²) in [4.78, 5) is 2.96. The Morgan fingerprint density at radius 2 is 1.93 bits per heavy atom. The number of fused-ring (bicyclic) bond motifs is 1. The Kier molecular flexibility index (Phi) is 2.34. The predicted molar refractivity (Wildman–Crippen MR) is 60.1 cm³/mol. The summed E-state index contributed by atoms with van der Waals surface area (Å²) in [6.45, 7) is 4.14. The van der Waals surface area contributed by atoms with Crippen LogP contribution >= 0.6 is 11.3 Å². The highest BCUT2D eigenvalue weighted by molar-refractivity contribution is 7.12. The van der Waals surface area contributed by atoms with E-state index in [1.807, 2.05) is 18.3 Å². The number of aryl methyl sites for hydroxylation is 2. The van der Waals surface area contributed by atoms with Gasteiger partial charge >= 0.3 is 0 Å². The van der Waals surface area contributed by atoms with Gasteiger partial charge in [-0.1, -0.05) is 0 Å². The Morgan fingerprint density at radius 3 is 2.67 bits per heavy atom. The topological polar surface area (TPSA) is 18.5 Å². The smallest absolute Gasteiger partial charge is 0.191 e. The highest BCUT2D eigenvalue weighted by Gasteiger charge is 2.34. The van der Waals surface area contributed by atoms with Crippen molar-refractivity contribution >= 4 is 11.3 Å². The van der Waals surface area contributed by atoms with Gasteiger partial charge in [0.25, 0.3) is 0 Å². The molecule has 2 aliphatic rings. The average Bonchev–Trinajstić information content (AvgIpc) is 2.49. The summed E-state index contributed by atoms with van der Waals surface area (Å²) < 4.78 is 11.2. The van der Waals surface area contributed by atoms with E-state index in [9.17, 15) is 0 Å². The summed E-state index contributed by atoms with van der Waals surface area (Å²) in [6.07, 6.45) is 5.04. The third-order valence-corrected chi connectivity index (χ3v) is 4.49. The van der Waals surface area contributed by atoms with Crippen LogP contribution in [0, 0.1) is 6.92 Å². The molecule has 0 spiro atoms. The molecule has 3 heteroatoms. The van der Waals surface area contributed by atoms with E-state index in [-0.39, 0.29) is 12.6 Å². The molecule has 0 saturated carbocycles. The minimum atomic E-state index is -0.0712. The Morgan fingerprint density at radius 1 is 1.20 bits per heavy atom. The number of hydrogen-bond donors (Lipinski definition) is 0. The second kappa shape index (κ2) is 3.58. The van der Waals surface area contributed by atoms with Crippen LogP contribution in [-0.2, 0) is 22.3 Å². The maximum atomic E-state index is 5.61. The average molecular weight is 224 g/mol. The summed E-state index contributed by atoms with van der Waals surface area (Å²) in [6, 6.07) is 0. The van der Waals surface area contributed by atoms with E-state index in [0.29, 0.717) is 0 Å². The minimum Gasteiger partial charge on any atom is -0.319 e. The lowest BCUT2D eigenvalue weighted by atomic mass is 9.94. The van der Waals surface area contributed by atoms with Crippen LogP contribution in [0.5, 0.6) is 0 Å². The van der Waals surface area contributed by atoms with Gasteiger partial charge < -0.3 is 9.47 Å². The van der Waals surface area contributed by atoms with Gasteiger partial charge in [-0.15, -0.1) is 11.3 Å². The first-order valence-electron chi connectivity index (χ1n) is 5.67. The molecule has 1 fully saturated rings. The van der Waals surface area contributed by atoms with Gasteiger partial charge in [-0.05, 0) is 45.1 Å². The maximum Gasteiger partial charge on any atom is 0.191 e. The fourth-order valence-electron chi connectivity index (χ4n) is 2.53. The van der Waals surface area contributed by atoms with Crippen molar-refractivity contribution in [2.24, 2.45) is 0 Å². The van der Waals surface area contributed by atoms with E-state index in [1.54, 1.807) is 4.88 Å². The summed E-state index contributed by atoms with van der Waals surface area (Å²) in [5, 5.41) is 0. The third kappa shape index (κ3) is 1.53. The molecule has 0 unspecified atom stereocenters. The van der Waals surface area contributed by atoms with Gasteiger partial charge in [0, 0.05) is 15.3 Å². The van der Waals surface area contributed by atoms with Crippen LogP contribution < -0.4 is 0 Å². The molecule has 1 saturated heterocycles. The van der Waals surface area contributed by atoms with E-state index in [0.717, 1.165) is 0 Å². The molecular formula is C12H16O2S. The van der Waals surface area contributed by atoms with Crippen LogP contribution in [0.3, 0.4) is 0 Å². The first kappa shape index (κ1) is 9.82. The lowest BCUT2D eigenvalue weighted by Gasteiger charge is -2.35. The molecular weight excluding hydrogens is 208 g/mol. The van der Waals surface area contributed by atoms with Gasteiger partial charge in [0.05, 0.1) is 0 Å². The maximum absolute atomic E-state index is 5.61. The summed E-state index contributed by atoms with van der Waals surface area (Å²) >= 11 is 1.94. The molecule has 3 rings (SSSR count).